The Kier molecular flexibility index (Phi) is 5.89. The van der Waals surface area contributed by atoms with Gasteiger partial charge in [-0.1, -0.05) is 35.9 Å². The fraction of sp³-hybridized carbons (Fsp3) is 0.143. The molecule has 0 spiro atoms. The highest BCUT2D eigenvalue weighted by Gasteiger charge is 2.32. The molecule has 0 unspecified atom stereocenters. The van der Waals surface area contributed by atoms with E-state index in [-0.39, 0.29) is 24.7 Å². The molecule has 2 N–H and O–H groups in total. The Morgan fingerprint density at radius 3 is 2.10 bits per heavy atom. The van der Waals surface area contributed by atoms with Crippen LogP contribution >= 0.6 is 24.0 Å². The quantitative estimate of drug-likeness (QED) is 0.874. The van der Waals surface area contributed by atoms with Crippen molar-refractivity contribution in [3.05, 3.63) is 53.1 Å². The molecule has 21 heavy (non-hydrogen) atoms. The standard InChI is InChI=1S/C14H11ClF3NO.ClH/c15-12-5-3-9(4-6-12)10-1-2-11(8-19)13(7-10)20-14(16,17)18;/h1-7H,8,19H2;1H. The normalized spacial score (nSPS) is 10.9. The van der Waals surface area contributed by atoms with E-state index in [2.05, 4.69) is 4.74 Å². The number of hydrogen-bond donors (Lipinski definition) is 1. The maximum absolute atomic E-state index is 12.4. The van der Waals surface area contributed by atoms with E-state index in [1.54, 1.807) is 30.3 Å². The number of alkyl halides is 3. The zero-order valence-corrected chi connectivity index (χ0v) is 12.2. The molecule has 0 aromatic heterocycles. The van der Waals surface area contributed by atoms with Gasteiger partial charge in [0.15, 0.2) is 0 Å². The van der Waals surface area contributed by atoms with Gasteiger partial charge in [-0.3, -0.25) is 0 Å². The van der Waals surface area contributed by atoms with Gasteiger partial charge < -0.3 is 10.5 Å². The van der Waals surface area contributed by atoms with Crippen molar-refractivity contribution < 1.29 is 17.9 Å². The summed E-state index contributed by atoms with van der Waals surface area (Å²) in [7, 11) is 0. The maximum atomic E-state index is 12.4. The first kappa shape index (κ1) is 17.6. The summed E-state index contributed by atoms with van der Waals surface area (Å²) in [6.07, 6.45) is -4.75. The summed E-state index contributed by atoms with van der Waals surface area (Å²) >= 11 is 5.78. The lowest BCUT2D eigenvalue weighted by molar-refractivity contribution is -0.274. The Balaban J connectivity index is 0.00000220. The van der Waals surface area contributed by atoms with Crippen LogP contribution in [0.5, 0.6) is 5.75 Å². The Hall–Kier alpha value is -1.43. The van der Waals surface area contributed by atoms with Crippen LogP contribution in [0.15, 0.2) is 42.5 Å². The van der Waals surface area contributed by atoms with Gasteiger partial charge in [0.1, 0.15) is 5.75 Å². The number of ether oxygens (including phenoxy) is 1. The van der Waals surface area contributed by atoms with Gasteiger partial charge in [-0.2, -0.15) is 0 Å². The average molecular weight is 338 g/mol. The van der Waals surface area contributed by atoms with Gasteiger partial charge in [0.2, 0.25) is 0 Å². The number of rotatable bonds is 3. The number of halogens is 5. The third-order valence-electron chi connectivity index (χ3n) is 2.69. The molecule has 114 valence electrons. The lowest BCUT2D eigenvalue weighted by Crippen LogP contribution is -2.18. The van der Waals surface area contributed by atoms with Crippen molar-refractivity contribution in [1.29, 1.82) is 0 Å². The van der Waals surface area contributed by atoms with Crippen molar-refractivity contribution in [2.24, 2.45) is 5.73 Å². The Bertz CT molecular complexity index is 600. The molecule has 2 rings (SSSR count). The minimum atomic E-state index is -4.75. The summed E-state index contributed by atoms with van der Waals surface area (Å²) in [6.45, 7) is -0.0354. The second kappa shape index (κ2) is 7.02. The van der Waals surface area contributed by atoms with E-state index in [0.29, 0.717) is 16.1 Å². The molecule has 0 bridgehead atoms. The first-order valence-corrected chi connectivity index (χ1v) is 6.11. The van der Waals surface area contributed by atoms with Crippen molar-refractivity contribution >= 4 is 24.0 Å². The van der Waals surface area contributed by atoms with Crippen LogP contribution < -0.4 is 10.5 Å². The topological polar surface area (TPSA) is 35.2 Å². The molecule has 0 aliphatic rings. The summed E-state index contributed by atoms with van der Waals surface area (Å²) in [5.74, 6) is -0.285. The van der Waals surface area contributed by atoms with E-state index in [1.165, 1.54) is 12.1 Å². The molecule has 0 saturated carbocycles. The third-order valence-corrected chi connectivity index (χ3v) is 2.94. The molecule has 2 nitrogen and oxygen atoms in total. The van der Waals surface area contributed by atoms with Crippen LogP contribution in [0.3, 0.4) is 0 Å². The van der Waals surface area contributed by atoms with Gasteiger partial charge in [-0.15, -0.1) is 25.6 Å². The van der Waals surface area contributed by atoms with Gasteiger partial charge in [0.25, 0.3) is 0 Å². The van der Waals surface area contributed by atoms with E-state index in [1.807, 2.05) is 0 Å². The third kappa shape index (κ3) is 4.81. The fourth-order valence-corrected chi connectivity index (χ4v) is 1.89. The van der Waals surface area contributed by atoms with Gasteiger partial charge in [-0.05, 0) is 29.3 Å². The van der Waals surface area contributed by atoms with Crippen molar-refractivity contribution in [2.45, 2.75) is 12.9 Å². The first-order chi connectivity index (χ1) is 9.39. The Morgan fingerprint density at radius 1 is 1.00 bits per heavy atom. The van der Waals surface area contributed by atoms with Crippen LogP contribution in [0, 0.1) is 0 Å². The highest BCUT2D eigenvalue weighted by molar-refractivity contribution is 6.30. The summed E-state index contributed by atoms with van der Waals surface area (Å²) in [5, 5.41) is 0.555. The van der Waals surface area contributed by atoms with Crippen LogP contribution in [-0.2, 0) is 6.54 Å². The highest BCUT2D eigenvalue weighted by atomic mass is 35.5. The number of hydrogen-bond acceptors (Lipinski definition) is 2. The first-order valence-electron chi connectivity index (χ1n) is 5.74. The molecule has 7 heteroatoms. The van der Waals surface area contributed by atoms with Crippen molar-refractivity contribution in [3.8, 4) is 16.9 Å². The predicted octanol–water partition coefficient (Wildman–Crippen LogP) is 4.79. The molecular formula is C14H12Cl2F3NO. The molecule has 0 amide bonds. The van der Waals surface area contributed by atoms with E-state index in [4.69, 9.17) is 17.3 Å². The summed E-state index contributed by atoms with van der Waals surface area (Å²) in [6, 6.07) is 11.3. The number of benzene rings is 2. The maximum Gasteiger partial charge on any atom is 0.573 e. The van der Waals surface area contributed by atoms with E-state index in [9.17, 15) is 13.2 Å². The summed E-state index contributed by atoms with van der Waals surface area (Å²) in [5.41, 5.74) is 7.04. The SMILES string of the molecule is Cl.NCc1ccc(-c2ccc(Cl)cc2)cc1OC(F)(F)F. The van der Waals surface area contributed by atoms with Gasteiger partial charge in [-0.25, -0.2) is 0 Å². The van der Waals surface area contributed by atoms with Crippen LogP contribution in [0.1, 0.15) is 5.56 Å². The van der Waals surface area contributed by atoms with Crippen LogP contribution in [0.4, 0.5) is 13.2 Å². The molecule has 0 radical (unpaired) electrons. The molecule has 0 atom stereocenters. The predicted molar refractivity (Wildman–Crippen MR) is 78.7 cm³/mol. The van der Waals surface area contributed by atoms with Gasteiger partial charge >= 0.3 is 6.36 Å². The van der Waals surface area contributed by atoms with Crippen molar-refractivity contribution in [2.75, 3.05) is 0 Å². The second-order valence-electron chi connectivity index (χ2n) is 4.08. The van der Waals surface area contributed by atoms with Crippen LogP contribution in [0.2, 0.25) is 5.02 Å². The molecule has 0 heterocycles. The lowest BCUT2D eigenvalue weighted by Gasteiger charge is -2.14. The molecule has 0 aliphatic carbocycles. The Labute approximate surface area is 131 Å². The van der Waals surface area contributed by atoms with Gasteiger partial charge in [0, 0.05) is 17.1 Å². The highest BCUT2D eigenvalue weighted by Crippen LogP contribution is 2.31. The minimum absolute atomic E-state index is 0. The summed E-state index contributed by atoms with van der Waals surface area (Å²) in [4.78, 5) is 0. The van der Waals surface area contributed by atoms with E-state index in [0.717, 1.165) is 5.56 Å². The molecule has 0 fully saturated rings. The second-order valence-corrected chi connectivity index (χ2v) is 4.52. The van der Waals surface area contributed by atoms with Crippen LogP contribution in [0.25, 0.3) is 11.1 Å². The van der Waals surface area contributed by atoms with Crippen LogP contribution in [-0.4, -0.2) is 6.36 Å². The molecule has 0 saturated heterocycles. The monoisotopic (exact) mass is 337 g/mol. The largest absolute Gasteiger partial charge is 0.573 e. The van der Waals surface area contributed by atoms with Crippen molar-refractivity contribution in [1.82, 2.24) is 0 Å². The summed E-state index contributed by atoms with van der Waals surface area (Å²) < 4.78 is 41.1. The fourth-order valence-electron chi connectivity index (χ4n) is 1.76. The zero-order valence-electron chi connectivity index (χ0n) is 10.7. The van der Waals surface area contributed by atoms with Gasteiger partial charge in [0.05, 0.1) is 0 Å². The minimum Gasteiger partial charge on any atom is -0.405 e. The van der Waals surface area contributed by atoms with E-state index >= 15 is 0 Å². The average Bonchev–Trinajstić information content (AvgIpc) is 2.37. The zero-order chi connectivity index (χ0) is 14.8. The molecular weight excluding hydrogens is 326 g/mol. The Morgan fingerprint density at radius 2 is 1.57 bits per heavy atom. The lowest BCUT2D eigenvalue weighted by atomic mass is 10.0. The molecule has 0 aliphatic heterocycles. The molecule has 2 aromatic rings. The smallest absolute Gasteiger partial charge is 0.405 e. The number of nitrogens with two attached hydrogens (primary N) is 1. The van der Waals surface area contributed by atoms with Crippen molar-refractivity contribution in [3.63, 3.8) is 0 Å². The molecule has 2 aromatic carbocycles. The van der Waals surface area contributed by atoms with E-state index < -0.39 is 6.36 Å².